The third-order valence-electron chi connectivity index (χ3n) is 4.60. The van der Waals surface area contributed by atoms with Gasteiger partial charge in [0.2, 0.25) is 0 Å². The molecule has 3 heteroatoms. The van der Waals surface area contributed by atoms with Gasteiger partial charge < -0.3 is 9.47 Å². The van der Waals surface area contributed by atoms with Gasteiger partial charge in [0, 0.05) is 5.56 Å². The van der Waals surface area contributed by atoms with E-state index in [1.807, 2.05) is 60.7 Å². The van der Waals surface area contributed by atoms with Crippen molar-refractivity contribution < 1.29 is 14.3 Å². The summed E-state index contributed by atoms with van der Waals surface area (Å²) in [5.41, 5.74) is 1.57. The fourth-order valence-electron chi connectivity index (χ4n) is 2.92. The van der Waals surface area contributed by atoms with Crippen LogP contribution in [-0.4, -0.2) is 19.5 Å². The Labute approximate surface area is 166 Å². The zero-order chi connectivity index (χ0) is 19.9. The van der Waals surface area contributed by atoms with Crippen LogP contribution in [0.5, 0.6) is 11.5 Å². The number of carbonyl (C=O) groups excluding carboxylic acids is 1. The molecule has 3 aromatic carbocycles. The van der Waals surface area contributed by atoms with Gasteiger partial charge in [0.05, 0.1) is 13.7 Å². The molecule has 28 heavy (non-hydrogen) atoms. The lowest BCUT2D eigenvalue weighted by atomic mass is 10.0. The van der Waals surface area contributed by atoms with E-state index in [9.17, 15) is 4.79 Å². The van der Waals surface area contributed by atoms with Crippen molar-refractivity contribution in [2.45, 2.75) is 20.3 Å². The molecule has 144 valence electrons. The number of hydrogen-bond donors (Lipinski definition) is 0. The second-order valence-electron chi connectivity index (χ2n) is 7.20. The van der Waals surface area contributed by atoms with E-state index in [0.717, 1.165) is 28.5 Å². The molecular formula is C25H26O3. The molecule has 0 aromatic heterocycles. The van der Waals surface area contributed by atoms with Crippen LogP contribution in [0, 0.1) is 5.92 Å². The Hall–Kier alpha value is -3.07. The van der Waals surface area contributed by atoms with Crippen LogP contribution in [0.15, 0.2) is 66.7 Å². The minimum Gasteiger partial charge on any atom is -0.493 e. The van der Waals surface area contributed by atoms with E-state index < -0.39 is 0 Å². The highest BCUT2D eigenvalue weighted by atomic mass is 16.5. The number of fused-ring (bicyclic) bond motifs is 1. The largest absolute Gasteiger partial charge is 0.493 e. The van der Waals surface area contributed by atoms with Crippen molar-refractivity contribution in [3.63, 3.8) is 0 Å². The zero-order valence-corrected chi connectivity index (χ0v) is 16.6. The third kappa shape index (κ3) is 5.01. The smallest absolute Gasteiger partial charge is 0.185 e. The normalized spacial score (nSPS) is 11.3. The number of rotatable bonds is 8. The first-order valence-corrected chi connectivity index (χ1v) is 9.59. The van der Waals surface area contributed by atoms with Gasteiger partial charge >= 0.3 is 0 Å². The summed E-state index contributed by atoms with van der Waals surface area (Å²) in [5, 5.41) is 2.19. The van der Waals surface area contributed by atoms with E-state index in [1.54, 1.807) is 19.3 Å². The molecule has 0 spiro atoms. The first kappa shape index (κ1) is 19.7. The monoisotopic (exact) mass is 374 g/mol. The maximum absolute atomic E-state index is 12.5. The highest BCUT2D eigenvalue weighted by Crippen LogP contribution is 2.29. The average molecular weight is 374 g/mol. The summed E-state index contributed by atoms with van der Waals surface area (Å²) in [6.45, 7) is 4.99. The van der Waals surface area contributed by atoms with Gasteiger partial charge in [-0.1, -0.05) is 62.4 Å². The maximum atomic E-state index is 12.5. The van der Waals surface area contributed by atoms with Crippen molar-refractivity contribution in [2.75, 3.05) is 13.7 Å². The Kier molecular flexibility index (Phi) is 6.49. The SMILES string of the molecule is COc1cc(/C=C/C(=O)c2ccc3ccccc3c2)ccc1OCCC(C)C. The van der Waals surface area contributed by atoms with Crippen LogP contribution in [0.2, 0.25) is 0 Å². The second-order valence-corrected chi connectivity index (χ2v) is 7.20. The Bertz CT molecular complexity index is 986. The Balaban J connectivity index is 1.72. The number of hydrogen-bond acceptors (Lipinski definition) is 3. The van der Waals surface area contributed by atoms with Crippen LogP contribution in [0.1, 0.15) is 36.2 Å². The summed E-state index contributed by atoms with van der Waals surface area (Å²) < 4.78 is 11.3. The molecule has 0 aliphatic carbocycles. The number of methoxy groups -OCH3 is 1. The van der Waals surface area contributed by atoms with E-state index in [2.05, 4.69) is 13.8 Å². The molecular weight excluding hydrogens is 348 g/mol. The molecule has 0 radical (unpaired) electrons. The molecule has 0 atom stereocenters. The maximum Gasteiger partial charge on any atom is 0.185 e. The van der Waals surface area contributed by atoms with E-state index in [1.165, 1.54) is 0 Å². The highest BCUT2D eigenvalue weighted by Gasteiger charge is 2.07. The van der Waals surface area contributed by atoms with E-state index in [-0.39, 0.29) is 5.78 Å². The van der Waals surface area contributed by atoms with Crippen LogP contribution in [0.3, 0.4) is 0 Å². The molecule has 0 unspecified atom stereocenters. The second kappa shape index (κ2) is 9.23. The fraction of sp³-hybridized carbons (Fsp3) is 0.240. The highest BCUT2D eigenvalue weighted by molar-refractivity contribution is 6.08. The van der Waals surface area contributed by atoms with Crippen molar-refractivity contribution >= 4 is 22.6 Å². The lowest BCUT2D eigenvalue weighted by Crippen LogP contribution is -2.02. The summed E-state index contributed by atoms with van der Waals surface area (Å²) in [7, 11) is 1.62. The molecule has 3 aromatic rings. The Morgan fingerprint density at radius 2 is 1.75 bits per heavy atom. The van der Waals surface area contributed by atoms with Gasteiger partial charge in [-0.3, -0.25) is 4.79 Å². The fourth-order valence-corrected chi connectivity index (χ4v) is 2.92. The summed E-state index contributed by atoms with van der Waals surface area (Å²) in [4.78, 5) is 12.5. The average Bonchev–Trinajstić information content (AvgIpc) is 2.72. The lowest BCUT2D eigenvalue weighted by molar-refractivity contribution is 0.104. The number of ether oxygens (including phenoxy) is 2. The summed E-state index contributed by atoms with van der Waals surface area (Å²) in [6.07, 6.45) is 4.39. The van der Waals surface area contributed by atoms with Crippen LogP contribution in [0.4, 0.5) is 0 Å². The Morgan fingerprint density at radius 3 is 2.50 bits per heavy atom. The van der Waals surface area contributed by atoms with Crippen molar-refractivity contribution in [2.24, 2.45) is 5.92 Å². The molecule has 0 fully saturated rings. The number of benzene rings is 3. The molecule has 0 N–H and O–H groups in total. The Morgan fingerprint density at radius 1 is 0.964 bits per heavy atom. The molecule has 0 saturated carbocycles. The van der Waals surface area contributed by atoms with Gasteiger partial charge in [-0.05, 0) is 52.9 Å². The summed E-state index contributed by atoms with van der Waals surface area (Å²) >= 11 is 0. The van der Waals surface area contributed by atoms with Gasteiger partial charge in [0.1, 0.15) is 0 Å². The van der Waals surface area contributed by atoms with Gasteiger partial charge in [-0.15, -0.1) is 0 Å². The third-order valence-corrected chi connectivity index (χ3v) is 4.60. The van der Waals surface area contributed by atoms with Gasteiger partial charge in [0.15, 0.2) is 17.3 Å². The van der Waals surface area contributed by atoms with Crippen LogP contribution < -0.4 is 9.47 Å². The van der Waals surface area contributed by atoms with Gasteiger partial charge in [0.25, 0.3) is 0 Å². The zero-order valence-electron chi connectivity index (χ0n) is 16.6. The molecule has 0 aliphatic rings. The minimum atomic E-state index is -0.0259. The molecule has 0 aliphatic heterocycles. The van der Waals surface area contributed by atoms with Crippen molar-refractivity contribution in [3.05, 3.63) is 77.9 Å². The number of carbonyl (C=O) groups is 1. The van der Waals surface area contributed by atoms with Crippen molar-refractivity contribution in [1.29, 1.82) is 0 Å². The molecule has 0 saturated heterocycles. The van der Waals surface area contributed by atoms with Gasteiger partial charge in [-0.25, -0.2) is 0 Å². The minimum absolute atomic E-state index is 0.0259. The molecule has 3 nitrogen and oxygen atoms in total. The van der Waals surface area contributed by atoms with E-state index >= 15 is 0 Å². The predicted molar refractivity (Wildman–Crippen MR) is 115 cm³/mol. The van der Waals surface area contributed by atoms with Gasteiger partial charge in [-0.2, -0.15) is 0 Å². The first-order valence-electron chi connectivity index (χ1n) is 9.59. The van der Waals surface area contributed by atoms with E-state index in [0.29, 0.717) is 23.8 Å². The van der Waals surface area contributed by atoms with Crippen LogP contribution in [0.25, 0.3) is 16.8 Å². The quantitative estimate of drug-likeness (QED) is 0.349. The molecule has 0 amide bonds. The molecule has 0 heterocycles. The summed E-state index contributed by atoms with van der Waals surface area (Å²) in [5.74, 6) is 1.96. The summed E-state index contributed by atoms with van der Waals surface area (Å²) in [6, 6.07) is 19.5. The van der Waals surface area contributed by atoms with E-state index in [4.69, 9.17) is 9.47 Å². The first-order chi connectivity index (χ1) is 13.6. The van der Waals surface area contributed by atoms with Crippen LogP contribution in [-0.2, 0) is 0 Å². The van der Waals surface area contributed by atoms with Crippen molar-refractivity contribution in [3.8, 4) is 11.5 Å². The van der Waals surface area contributed by atoms with Crippen LogP contribution >= 0.6 is 0 Å². The predicted octanol–water partition coefficient (Wildman–Crippen LogP) is 6.17. The topological polar surface area (TPSA) is 35.5 Å². The lowest BCUT2D eigenvalue weighted by Gasteiger charge is -2.12. The molecule has 0 bridgehead atoms. The number of allylic oxidation sites excluding steroid dienone is 1. The number of ketones is 1. The standard InChI is InChI=1S/C25H26O3/c1-18(2)14-15-28-24-13-9-19(16-25(24)27-3)8-12-23(26)22-11-10-20-6-4-5-7-21(20)17-22/h4-13,16-18H,14-15H2,1-3H3/b12-8+. The van der Waals surface area contributed by atoms with Crippen molar-refractivity contribution in [1.82, 2.24) is 0 Å². The molecule has 3 rings (SSSR count).